The summed E-state index contributed by atoms with van der Waals surface area (Å²) >= 11 is 0. The summed E-state index contributed by atoms with van der Waals surface area (Å²) in [6.45, 7) is 0. The lowest BCUT2D eigenvalue weighted by Gasteiger charge is -2.08. The van der Waals surface area contributed by atoms with Crippen LogP contribution < -0.4 is 9.62 Å². The molecule has 0 spiro atoms. The molecule has 1 aromatic rings. The van der Waals surface area contributed by atoms with Crippen molar-refractivity contribution in [1.29, 1.82) is 0 Å². The first-order chi connectivity index (χ1) is 6.61. The van der Waals surface area contributed by atoms with Gasteiger partial charge in [-0.15, -0.1) is 0 Å². The zero-order valence-electron chi connectivity index (χ0n) is 7.85. The summed E-state index contributed by atoms with van der Waals surface area (Å²) in [6.07, 6.45) is 0. The van der Waals surface area contributed by atoms with Gasteiger partial charge in [0, 0.05) is 0 Å². The van der Waals surface area contributed by atoms with Gasteiger partial charge in [-0.1, -0.05) is 17.0 Å². The van der Waals surface area contributed by atoms with E-state index in [4.69, 9.17) is 4.74 Å². The zero-order valence-corrected chi connectivity index (χ0v) is 8.67. The monoisotopic (exact) mass is 217 g/mol. The Balaban J connectivity index is 3.18. The number of ether oxygens (including phenoxy) is 1. The maximum absolute atomic E-state index is 11.5. The average Bonchev–Trinajstić information content (AvgIpc) is 2.18. The molecule has 1 aromatic carbocycles. The summed E-state index contributed by atoms with van der Waals surface area (Å²) < 4.78 is 27.9. The molecule has 0 heterocycles. The number of rotatable bonds is 4. The number of sulfonamides is 1. The van der Waals surface area contributed by atoms with Crippen molar-refractivity contribution in [1.82, 2.24) is 4.89 Å². The highest BCUT2D eigenvalue weighted by molar-refractivity contribution is 7.89. The molecule has 0 atom stereocenters. The molecule has 1 rings (SSSR count). The Morgan fingerprint density at radius 2 is 1.86 bits per heavy atom. The van der Waals surface area contributed by atoms with E-state index in [0.29, 0.717) is 0 Å². The van der Waals surface area contributed by atoms with Crippen LogP contribution in [0.4, 0.5) is 0 Å². The van der Waals surface area contributed by atoms with Gasteiger partial charge in [0.05, 0.1) is 14.2 Å². The molecule has 0 aliphatic carbocycles. The van der Waals surface area contributed by atoms with E-state index in [1.165, 1.54) is 20.3 Å². The van der Waals surface area contributed by atoms with Crippen molar-refractivity contribution in [3.8, 4) is 5.75 Å². The molecule has 0 aromatic heterocycles. The number of methoxy groups -OCH3 is 1. The third-order valence-corrected chi connectivity index (χ3v) is 2.85. The Hall–Kier alpha value is -1.11. The van der Waals surface area contributed by atoms with Crippen molar-refractivity contribution in [2.45, 2.75) is 4.90 Å². The summed E-state index contributed by atoms with van der Waals surface area (Å²) in [6, 6.07) is 6.28. The Bertz CT molecular complexity index is 402. The number of benzene rings is 1. The lowest BCUT2D eigenvalue weighted by Crippen LogP contribution is -2.22. The molecule has 6 heteroatoms. The highest BCUT2D eigenvalue weighted by Crippen LogP contribution is 2.22. The molecule has 0 unspecified atom stereocenters. The fraction of sp³-hybridized carbons (Fsp3) is 0.250. The molecule has 78 valence electrons. The van der Waals surface area contributed by atoms with E-state index >= 15 is 0 Å². The van der Waals surface area contributed by atoms with E-state index in [1.54, 1.807) is 18.2 Å². The Morgan fingerprint density at radius 1 is 1.21 bits per heavy atom. The number of nitrogens with one attached hydrogen (secondary N) is 1. The van der Waals surface area contributed by atoms with Gasteiger partial charge < -0.3 is 4.74 Å². The predicted octanol–water partition coefficient (Wildman–Crippen LogP) is 0.535. The van der Waals surface area contributed by atoms with Crippen LogP contribution in [-0.4, -0.2) is 22.6 Å². The van der Waals surface area contributed by atoms with Crippen LogP contribution in [0.5, 0.6) is 5.75 Å². The minimum atomic E-state index is -3.65. The van der Waals surface area contributed by atoms with Crippen LogP contribution in [0.2, 0.25) is 0 Å². The molecule has 0 fully saturated rings. The van der Waals surface area contributed by atoms with Crippen LogP contribution in [0.25, 0.3) is 0 Å². The second-order valence-electron chi connectivity index (χ2n) is 2.44. The fourth-order valence-corrected chi connectivity index (χ4v) is 1.98. The lowest BCUT2D eigenvalue weighted by atomic mass is 10.3. The highest BCUT2D eigenvalue weighted by Gasteiger charge is 2.17. The molecule has 1 N–H and O–H groups in total. The largest absolute Gasteiger partial charge is 0.495 e. The second-order valence-corrected chi connectivity index (χ2v) is 4.06. The van der Waals surface area contributed by atoms with Gasteiger partial charge in [0.2, 0.25) is 0 Å². The van der Waals surface area contributed by atoms with Crippen LogP contribution in [0, 0.1) is 0 Å². The Labute approximate surface area is 82.7 Å². The second kappa shape index (κ2) is 4.41. The first-order valence-corrected chi connectivity index (χ1v) is 5.28. The normalized spacial score (nSPS) is 11.3. The third kappa shape index (κ3) is 2.22. The Morgan fingerprint density at radius 3 is 2.43 bits per heavy atom. The summed E-state index contributed by atoms with van der Waals surface area (Å²) in [5.74, 6) is 0.275. The van der Waals surface area contributed by atoms with Crippen molar-refractivity contribution in [2.24, 2.45) is 0 Å². The lowest BCUT2D eigenvalue weighted by molar-refractivity contribution is 0.153. The van der Waals surface area contributed by atoms with Crippen LogP contribution >= 0.6 is 0 Å². The molecule has 0 bridgehead atoms. The molecule has 5 nitrogen and oxygen atoms in total. The Kier molecular flexibility index (Phi) is 3.45. The SMILES string of the molecule is CONS(=O)(=O)c1ccccc1OC. The number of hydrogen-bond acceptors (Lipinski definition) is 4. The van der Waals surface area contributed by atoms with Crippen molar-refractivity contribution in [3.05, 3.63) is 24.3 Å². The quantitative estimate of drug-likeness (QED) is 0.747. The van der Waals surface area contributed by atoms with E-state index in [2.05, 4.69) is 4.84 Å². The van der Waals surface area contributed by atoms with Crippen LogP contribution in [0.3, 0.4) is 0 Å². The van der Waals surface area contributed by atoms with Crippen molar-refractivity contribution in [2.75, 3.05) is 14.2 Å². The zero-order chi connectivity index (χ0) is 10.6. The van der Waals surface area contributed by atoms with Gasteiger partial charge in [-0.05, 0) is 12.1 Å². The van der Waals surface area contributed by atoms with Gasteiger partial charge in [0.15, 0.2) is 0 Å². The third-order valence-electron chi connectivity index (χ3n) is 1.55. The molecule has 0 aliphatic rings. The highest BCUT2D eigenvalue weighted by atomic mass is 32.2. The molecule has 0 saturated heterocycles. The van der Waals surface area contributed by atoms with Gasteiger partial charge >= 0.3 is 0 Å². The molecule has 14 heavy (non-hydrogen) atoms. The standard InChI is InChI=1S/C8H11NO4S/c1-12-7-5-3-4-6-8(7)14(10,11)9-13-2/h3-6,9H,1-2H3. The molecule has 0 radical (unpaired) electrons. The average molecular weight is 217 g/mol. The molecular weight excluding hydrogens is 206 g/mol. The summed E-state index contributed by atoms with van der Waals surface area (Å²) in [5, 5.41) is 0. The maximum Gasteiger partial charge on any atom is 0.266 e. The van der Waals surface area contributed by atoms with E-state index in [9.17, 15) is 8.42 Å². The van der Waals surface area contributed by atoms with Crippen LogP contribution in [0.15, 0.2) is 29.2 Å². The molecular formula is C8H11NO4S. The van der Waals surface area contributed by atoms with E-state index < -0.39 is 10.0 Å². The summed E-state index contributed by atoms with van der Waals surface area (Å²) in [5.41, 5.74) is 0. The van der Waals surface area contributed by atoms with Gasteiger partial charge in [0.25, 0.3) is 10.0 Å². The number of para-hydroxylation sites is 1. The molecule has 0 amide bonds. The van der Waals surface area contributed by atoms with E-state index in [0.717, 1.165) is 0 Å². The molecule has 0 aliphatic heterocycles. The summed E-state index contributed by atoms with van der Waals surface area (Å²) in [7, 11) is -1.02. The number of hydrogen-bond donors (Lipinski definition) is 1. The maximum atomic E-state index is 11.5. The van der Waals surface area contributed by atoms with Crippen LogP contribution in [-0.2, 0) is 14.9 Å². The van der Waals surface area contributed by atoms with E-state index in [-0.39, 0.29) is 10.6 Å². The van der Waals surface area contributed by atoms with Crippen molar-refractivity contribution in [3.63, 3.8) is 0 Å². The fourth-order valence-electron chi connectivity index (χ4n) is 0.995. The minimum Gasteiger partial charge on any atom is -0.495 e. The first-order valence-electron chi connectivity index (χ1n) is 3.79. The van der Waals surface area contributed by atoms with Gasteiger partial charge in [0.1, 0.15) is 10.6 Å². The topological polar surface area (TPSA) is 64.6 Å². The van der Waals surface area contributed by atoms with Crippen molar-refractivity contribution < 1.29 is 18.0 Å². The van der Waals surface area contributed by atoms with Crippen LogP contribution in [0.1, 0.15) is 0 Å². The first kappa shape index (κ1) is 11.0. The predicted molar refractivity (Wildman–Crippen MR) is 50.3 cm³/mol. The molecule has 0 saturated carbocycles. The summed E-state index contributed by atoms with van der Waals surface area (Å²) in [4.78, 5) is 6.32. The van der Waals surface area contributed by atoms with Gasteiger partial charge in [-0.3, -0.25) is 4.84 Å². The van der Waals surface area contributed by atoms with Gasteiger partial charge in [-0.25, -0.2) is 8.42 Å². The smallest absolute Gasteiger partial charge is 0.266 e. The minimum absolute atomic E-state index is 0.0457. The van der Waals surface area contributed by atoms with Crippen molar-refractivity contribution >= 4 is 10.0 Å². The van der Waals surface area contributed by atoms with E-state index in [1.807, 2.05) is 4.89 Å². The van der Waals surface area contributed by atoms with Gasteiger partial charge in [-0.2, -0.15) is 0 Å².